The Hall–Kier alpha value is -2.15. The predicted molar refractivity (Wildman–Crippen MR) is 91.0 cm³/mol. The van der Waals surface area contributed by atoms with Crippen molar-refractivity contribution in [3.8, 4) is 0 Å². The van der Waals surface area contributed by atoms with Gasteiger partial charge < -0.3 is 9.68 Å². The van der Waals surface area contributed by atoms with Crippen molar-refractivity contribution in [1.82, 2.24) is 4.98 Å². The molecule has 0 bridgehead atoms. The first-order valence-electron chi connectivity index (χ1n) is 6.73. The van der Waals surface area contributed by atoms with E-state index in [4.69, 9.17) is 11.6 Å². The number of sulfonamides is 1. The van der Waals surface area contributed by atoms with Crippen LogP contribution < -0.4 is 4.47 Å². The topological polar surface area (TPSA) is 73.3 Å². The number of aryl methyl sites for hydroxylation is 1. The number of benzene rings is 2. The van der Waals surface area contributed by atoms with E-state index in [0.29, 0.717) is 5.39 Å². The Labute approximate surface area is 138 Å². The van der Waals surface area contributed by atoms with Crippen molar-refractivity contribution in [2.45, 2.75) is 11.8 Å². The Kier molecular flexibility index (Phi) is 3.97. The number of hydrogen-bond donors (Lipinski definition) is 0. The highest BCUT2D eigenvalue weighted by molar-refractivity contribution is 7.93. The molecule has 3 rings (SSSR count). The zero-order valence-electron chi connectivity index (χ0n) is 12.1. The van der Waals surface area contributed by atoms with Crippen LogP contribution in [-0.2, 0) is 10.0 Å². The van der Waals surface area contributed by atoms with E-state index in [1.54, 1.807) is 30.3 Å². The van der Waals surface area contributed by atoms with E-state index in [0.717, 1.165) is 5.56 Å². The van der Waals surface area contributed by atoms with Gasteiger partial charge in [-0.3, -0.25) is 4.98 Å². The van der Waals surface area contributed by atoms with Gasteiger partial charge in [-0.2, -0.15) is 0 Å². The van der Waals surface area contributed by atoms with E-state index in [2.05, 4.69) is 4.98 Å². The Morgan fingerprint density at radius 1 is 1.13 bits per heavy atom. The van der Waals surface area contributed by atoms with E-state index in [9.17, 15) is 13.6 Å². The fourth-order valence-electron chi connectivity index (χ4n) is 2.21. The molecule has 0 spiro atoms. The van der Waals surface area contributed by atoms with Gasteiger partial charge in [-0.25, -0.2) is 8.42 Å². The predicted octanol–water partition coefficient (Wildman–Crippen LogP) is 3.89. The van der Waals surface area contributed by atoms with Crippen LogP contribution in [0.5, 0.6) is 0 Å². The number of fused-ring (bicyclic) bond motifs is 1. The van der Waals surface area contributed by atoms with Gasteiger partial charge in [0.2, 0.25) is 0 Å². The average molecular weight is 348 g/mol. The third kappa shape index (κ3) is 2.88. The second kappa shape index (κ2) is 5.81. The van der Waals surface area contributed by atoms with Crippen molar-refractivity contribution in [3.05, 3.63) is 70.5 Å². The third-order valence-electron chi connectivity index (χ3n) is 3.38. The Morgan fingerprint density at radius 3 is 2.52 bits per heavy atom. The summed E-state index contributed by atoms with van der Waals surface area (Å²) < 4.78 is 25.1. The lowest BCUT2D eigenvalue weighted by Crippen LogP contribution is -2.25. The molecule has 23 heavy (non-hydrogen) atoms. The number of halogens is 1. The summed E-state index contributed by atoms with van der Waals surface area (Å²) in [4.78, 5) is 4.02. The zero-order valence-corrected chi connectivity index (χ0v) is 13.7. The molecular formula is C16H12ClN2O3S-. The summed E-state index contributed by atoms with van der Waals surface area (Å²) in [5, 5.41) is 13.4. The molecule has 1 heterocycles. The molecule has 0 aliphatic heterocycles. The normalized spacial score (nSPS) is 11.6. The molecule has 0 unspecified atom stereocenters. The van der Waals surface area contributed by atoms with Gasteiger partial charge >= 0.3 is 0 Å². The van der Waals surface area contributed by atoms with Crippen molar-refractivity contribution < 1.29 is 8.42 Å². The first-order chi connectivity index (χ1) is 10.9. The summed E-state index contributed by atoms with van der Waals surface area (Å²) in [7, 11) is -4.24. The smallest absolute Gasteiger partial charge is 0.254 e. The Morgan fingerprint density at radius 2 is 1.83 bits per heavy atom. The van der Waals surface area contributed by atoms with Crippen LogP contribution in [0.4, 0.5) is 5.69 Å². The maximum absolute atomic E-state index is 12.5. The molecule has 1 aromatic heterocycles. The summed E-state index contributed by atoms with van der Waals surface area (Å²) in [6, 6.07) is 12.4. The van der Waals surface area contributed by atoms with Crippen molar-refractivity contribution >= 4 is 38.2 Å². The van der Waals surface area contributed by atoms with Gasteiger partial charge in [0.25, 0.3) is 10.0 Å². The first-order valence-corrected chi connectivity index (χ1v) is 8.55. The highest BCUT2D eigenvalue weighted by atomic mass is 35.5. The molecule has 0 amide bonds. The molecule has 0 saturated heterocycles. The van der Waals surface area contributed by atoms with E-state index < -0.39 is 10.0 Å². The second-order valence-corrected chi connectivity index (χ2v) is 7.23. The Balaban J connectivity index is 2.16. The first kappa shape index (κ1) is 15.7. The minimum Gasteiger partial charge on any atom is -0.744 e. The molecule has 3 aromatic rings. The molecule has 0 N–H and O–H groups in total. The molecular weight excluding hydrogens is 336 g/mol. The van der Waals surface area contributed by atoms with E-state index in [1.165, 1.54) is 24.4 Å². The van der Waals surface area contributed by atoms with Crippen molar-refractivity contribution in [2.24, 2.45) is 0 Å². The van der Waals surface area contributed by atoms with Gasteiger partial charge in [0.05, 0.1) is 16.1 Å². The largest absolute Gasteiger partial charge is 0.744 e. The van der Waals surface area contributed by atoms with Gasteiger partial charge in [-0.15, -0.1) is 0 Å². The van der Waals surface area contributed by atoms with Crippen molar-refractivity contribution in [3.63, 3.8) is 0 Å². The van der Waals surface area contributed by atoms with Crippen LogP contribution in [0.2, 0.25) is 5.02 Å². The number of pyridine rings is 1. The molecule has 5 nitrogen and oxygen atoms in total. The monoisotopic (exact) mass is 347 g/mol. The molecule has 0 saturated carbocycles. The van der Waals surface area contributed by atoms with E-state index >= 15 is 0 Å². The fourth-order valence-corrected chi connectivity index (χ4v) is 3.50. The van der Waals surface area contributed by atoms with Crippen LogP contribution in [0.15, 0.2) is 59.6 Å². The van der Waals surface area contributed by atoms with Crippen LogP contribution in [0.25, 0.3) is 10.9 Å². The summed E-state index contributed by atoms with van der Waals surface area (Å²) in [5.41, 5.74) is 1.08. The van der Waals surface area contributed by atoms with Crippen LogP contribution in [0.3, 0.4) is 0 Å². The highest BCUT2D eigenvalue weighted by Crippen LogP contribution is 2.32. The summed E-state index contributed by atoms with van der Waals surface area (Å²) in [6.45, 7) is 1.83. The SMILES string of the molecule is Cc1ccc(S(=O)(=O)N([O-])c2cc(Cl)cc3cccnc23)cc1. The number of rotatable bonds is 3. The molecule has 0 fully saturated rings. The van der Waals surface area contributed by atoms with Gasteiger partial charge in [0.15, 0.2) is 0 Å². The fraction of sp³-hybridized carbons (Fsp3) is 0.0625. The van der Waals surface area contributed by atoms with Gasteiger partial charge in [-0.05, 0) is 37.3 Å². The number of aromatic nitrogens is 1. The number of anilines is 1. The van der Waals surface area contributed by atoms with Crippen LogP contribution in [0.1, 0.15) is 5.56 Å². The zero-order chi connectivity index (χ0) is 16.6. The van der Waals surface area contributed by atoms with E-state index in [1.807, 2.05) is 6.92 Å². The average Bonchev–Trinajstić information content (AvgIpc) is 2.53. The van der Waals surface area contributed by atoms with Gasteiger partial charge in [0, 0.05) is 16.6 Å². The number of nitrogens with zero attached hydrogens (tertiary/aromatic N) is 2. The molecule has 0 radical (unpaired) electrons. The molecule has 0 aliphatic carbocycles. The lowest BCUT2D eigenvalue weighted by molar-refractivity contribution is 0.596. The van der Waals surface area contributed by atoms with Crippen LogP contribution >= 0.6 is 11.6 Å². The van der Waals surface area contributed by atoms with Crippen LogP contribution in [-0.4, -0.2) is 13.4 Å². The van der Waals surface area contributed by atoms with Crippen LogP contribution in [0, 0.1) is 12.1 Å². The van der Waals surface area contributed by atoms with Gasteiger partial charge in [-0.1, -0.05) is 35.4 Å². The number of hydrogen-bond acceptors (Lipinski definition) is 4. The van der Waals surface area contributed by atoms with Gasteiger partial charge in [0.1, 0.15) is 0 Å². The molecule has 0 aliphatic rings. The standard InChI is InChI=1S/C16H12ClN2O3S/c1-11-4-6-14(7-5-11)23(21,22)19(20)15-10-13(17)9-12-3-2-8-18-16(12)15/h2-10H,1H3/q-1. The summed E-state index contributed by atoms with van der Waals surface area (Å²) in [6.07, 6.45) is 1.49. The highest BCUT2D eigenvalue weighted by Gasteiger charge is 2.20. The lowest BCUT2D eigenvalue weighted by atomic mass is 10.2. The molecule has 7 heteroatoms. The van der Waals surface area contributed by atoms with Crippen molar-refractivity contribution in [2.75, 3.05) is 4.47 Å². The third-order valence-corrected chi connectivity index (χ3v) is 5.10. The quantitative estimate of drug-likeness (QED) is 0.674. The Bertz CT molecular complexity index is 972. The van der Waals surface area contributed by atoms with E-state index in [-0.39, 0.29) is 25.6 Å². The molecule has 2 aromatic carbocycles. The maximum Gasteiger partial charge on any atom is 0.254 e. The minimum absolute atomic E-state index is 0.0289. The second-order valence-electron chi connectivity index (χ2n) is 5.05. The minimum atomic E-state index is -4.24. The lowest BCUT2D eigenvalue weighted by Gasteiger charge is -2.30. The maximum atomic E-state index is 12.5. The molecule has 0 atom stereocenters. The van der Waals surface area contributed by atoms with Crippen molar-refractivity contribution in [1.29, 1.82) is 0 Å². The summed E-state index contributed by atoms with van der Waals surface area (Å²) >= 11 is 6.00. The summed E-state index contributed by atoms with van der Waals surface area (Å²) in [5.74, 6) is 0. The molecule has 118 valence electrons.